The van der Waals surface area contributed by atoms with Gasteiger partial charge < -0.3 is 36.0 Å². The first-order valence-corrected chi connectivity index (χ1v) is 8.98. The minimum atomic E-state index is -1.60. The Morgan fingerprint density at radius 1 is 0.857 bits per heavy atom. The van der Waals surface area contributed by atoms with Crippen molar-refractivity contribution in [1.82, 2.24) is 15.3 Å². The maximum atomic E-state index is 10.1. The van der Waals surface area contributed by atoms with Gasteiger partial charge in [-0.1, -0.05) is 30.3 Å². The van der Waals surface area contributed by atoms with Crippen molar-refractivity contribution in [1.29, 1.82) is 0 Å². The Balaban J connectivity index is 2.01. The second kappa shape index (κ2) is 11.1. The summed E-state index contributed by atoms with van der Waals surface area (Å²) in [5.41, 5.74) is 1.57. The van der Waals surface area contributed by atoms with Gasteiger partial charge in [-0.25, -0.2) is 0 Å². The minimum absolute atomic E-state index is 0.0419. The van der Waals surface area contributed by atoms with Crippen molar-refractivity contribution in [2.24, 2.45) is 0 Å². The van der Waals surface area contributed by atoms with E-state index in [-0.39, 0.29) is 12.1 Å². The van der Waals surface area contributed by atoms with Crippen molar-refractivity contribution in [3.63, 3.8) is 0 Å². The van der Waals surface area contributed by atoms with Crippen LogP contribution in [0.15, 0.2) is 42.7 Å². The van der Waals surface area contributed by atoms with Crippen LogP contribution in [0.2, 0.25) is 0 Å². The van der Waals surface area contributed by atoms with Gasteiger partial charge in [0.25, 0.3) is 0 Å². The first kappa shape index (κ1) is 22.3. The summed E-state index contributed by atoms with van der Waals surface area (Å²) < 4.78 is 0. The van der Waals surface area contributed by atoms with Gasteiger partial charge in [-0.3, -0.25) is 9.97 Å². The molecule has 0 spiro atoms. The van der Waals surface area contributed by atoms with Gasteiger partial charge >= 0.3 is 0 Å². The lowest BCUT2D eigenvalue weighted by Crippen LogP contribution is -2.43. The summed E-state index contributed by atoms with van der Waals surface area (Å²) >= 11 is 0. The zero-order valence-corrected chi connectivity index (χ0v) is 15.3. The molecular weight excluding hydrogens is 366 g/mol. The van der Waals surface area contributed by atoms with Gasteiger partial charge in [0.1, 0.15) is 18.3 Å². The number of aliphatic hydroxyl groups is 6. The molecule has 154 valence electrons. The molecule has 1 heterocycles. The van der Waals surface area contributed by atoms with E-state index in [1.54, 1.807) is 0 Å². The van der Waals surface area contributed by atoms with Crippen molar-refractivity contribution >= 4 is 0 Å². The normalized spacial score (nSPS) is 16.9. The number of nitrogens with one attached hydrogen (secondary N) is 1. The molecule has 0 radical (unpaired) electrons. The largest absolute Gasteiger partial charge is 0.394 e. The maximum Gasteiger partial charge on any atom is 0.126 e. The summed E-state index contributed by atoms with van der Waals surface area (Å²) in [5, 5.41) is 60.5. The lowest BCUT2D eigenvalue weighted by Gasteiger charge is -2.23. The monoisotopic (exact) mass is 393 g/mol. The first-order chi connectivity index (χ1) is 13.5. The summed E-state index contributed by atoms with van der Waals surface area (Å²) in [7, 11) is 0. The molecule has 1 aromatic carbocycles. The molecule has 0 aliphatic heterocycles. The molecule has 9 nitrogen and oxygen atoms in total. The molecule has 0 amide bonds. The highest BCUT2D eigenvalue weighted by Crippen LogP contribution is 2.17. The van der Waals surface area contributed by atoms with Crippen LogP contribution < -0.4 is 5.32 Å². The quantitative estimate of drug-likeness (QED) is 0.236. The Morgan fingerprint density at radius 3 is 2.11 bits per heavy atom. The molecule has 0 unspecified atom stereocenters. The molecule has 0 fully saturated rings. The van der Waals surface area contributed by atoms with Gasteiger partial charge in [0, 0.05) is 25.2 Å². The van der Waals surface area contributed by atoms with Crippen molar-refractivity contribution in [2.45, 2.75) is 43.4 Å². The van der Waals surface area contributed by atoms with E-state index >= 15 is 0 Å². The van der Waals surface area contributed by atoms with Crippen LogP contribution in [0.5, 0.6) is 0 Å². The number of benzene rings is 1. The Morgan fingerprint density at radius 2 is 1.54 bits per heavy atom. The van der Waals surface area contributed by atoms with Crippen LogP contribution >= 0.6 is 0 Å². The third-order valence-electron chi connectivity index (χ3n) is 4.42. The Labute approximate surface area is 163 Å². The van der Waals surface area contributed by atoms with E-state index in [1.807, 2.05) is 30.3 Å². The zero-order chi connectivity index (χ0) is 20.5. The molecule has 5 atom stereocenters. The van der Waals surface area contributed by atoms with Crippen LogP contribution in [0.1, 0.15) is 23.1 Å². The third-order valence-corrected chi connectivity index (χ3v) is 4.42. The van der Waals surface area contributed by atoms with Gasteiger partial charge in [-0.2, -0.15) is 0 Å². The molecule has 2 aromatic rings. The van der Waals surface area contributed by atoms with E-state index in [0.29, 0.717) is 12.2 Å². The number of aromatic nitrogens is 2. The van der Waals surface area contributed by atoms with E-state index in [2.05, 4.69) is 15.3 Å². The number of hydrogen-bond acceptors (Lipinski definition) is 9. The lowest BCUT2D eigenvalue weighted by atomic mass is 10.0. The van der Waals surface area contributed by atoms with Gasteiger partial charge in [0.15, 0.2) is 0 Å². The van der Waals surface area contributed by atoms with Crippen LogP contribution in [0.3, 0.4) is 0 Å². The van der Waals surface area contributed by atoms with Gasteiger partial charge in [-0.05, 0) is 5.56 Å². The molecule has 0 aliphatic carbocycles. The fourth-order valence-corrected chi connectivity index (χ4v) is 2.66. The van der Waals surface area contributed by atoms with Crippen molar-refractivity contribution in [3.05, 3.63) is 59.7 Å². The summed E-state index contributed by atoms with van der Waals surface area (Å²) in [6.07, 6.45) is -2.68. The van der Waals surface area contributed by atoms with E-state index in [1.165, 1.54) is 12.4 Å². The molecule has 0 aliphatic rings. The van der Waals surface area contributed by atoms with Crippen LogP contribution in [0, 0.1) is 0 Å². The highest BCUT2D eigenvalue weighted by molar-refractivity contribution is 5.15. The molecule has 1 aromatic heterocycles. The molecule has 0 saturated heterocycles. The van der Waals surface area contributed by atoms with Crippen LogP contribution in [-0.4, -0.2) is 78.2 Å². The summed E-state index contributed by atoms with van der Waals surface area (Å²) in [5.74, 6) is 0. The zero-order valence-electron chi connectivity index (χ0n) is 15.3. The second-order valence-corrected chi connectivity index (χ2v) is 6.54. The highest BCUT2D eigenvalue weighted by atomic mass is 16.4. The van der Waals surface area contributed by atoms with E-state index in [0.717, 1.165) is 5.56 Å². The average Bonchev–Trinajstić information content (AvgIpc) is 2.75. The topological polar surface area (TPSA) is 159 Å². The van der Waals surface area contributed by atoms with Crippen LogP contribution in [0.4, 0.5) is 0 Å². The van der Waals surface area contributed by atoms with E-state index in [9.17, 15) is 25.5 Å². The molecule has 0 bridgehead atoms. The van der Waals surface area contributed by atoms with E-state index < -0.39 is 43.7 Å². The molecule has 2 rings (SSSR count). The molecular formula is C19H27N3O6. The maximum absolute atomic E-state index is 10.1. The number of aliphatic hydroxyl groups excluding tert-OH is 6. The van der Waals surface area contributed by atoms with Crippen molar-refractivity contribution in [2.75, 3.05) is 13.2 Å². The standard InChI is InChI=1S/C19H27N3O6/c23-10-16(25)14(21-7-12-4-2-1-3-5-12)6-13-8-22-15(9-20-13)18(27)19(28)17(26)11-24/h1-5,8-9,14,16-19,21,23-28H,6-7,10-11H2/t14-,16-,17-,18-,19-/m1/s1. The van der Waals surface area contributed by atoms with Gasteiger partial charge in [0.2, 0.25) is 0 Å². The molecule has 9 heteroatoms. The van der Waals surface area contributed by atoms with Gasteiger partial charge in [0.05, 0.1) is 36.9 Å². The SMILES string of the molecule is OC[C@@H](O)[C@@H](O)[C@H](O)c1cnc(C[C@@H](NCc2ccccc2)[C@H](O)CO)cn1. The highest BCUT2D eigenvalue weighted by Gasteiger charge is 2.27. The number of nitrogens with zero attached hydrogens (tertiary/aromatic N) is 2. The lowest BCUT2D eigenvalue weighted by molar-refractivity contribution is -0.0790. The Bertz CT molecular complexity index is 688. The third kappa shape index (κ3) is 6.28. The fourth-order valence-electron chi connectivity index (χ4n) is 2.66. The first-order valence-electron chi connectivity index (χ1n) is 8.98. The van der Waals surface area contributed by atoms with Gasteiger partial charge in [-0.15, -0.1) is 0 Å². The minimum Gasteiger partial charge on any atom is -0.394 e. The second-order valence-electron chi connectivity index (χ2n) is 6.54. The van der Waals surface area contributed by atoms with Crippen LogP contribution in [-0.2, 0) is 13.0 Å². The molecule has 7 N–H and O–H groups in total. The Kier molecular flexibility index (Phi) is 8.87. The fraction of sp³-hybridized carbons (Fsp3) is 0.474. The molecule has 28 heavy (non-hydrogen) atoms. The van der Waals surface area contributed by atoms with Crippen molar-refractivity contribution in [3.8, 4) is 0 Å². The van der Waals surface area contributed by atoms with Crippen molar-refractivity contribution < 1.29 is 30.6 Å². The number of rotatable bonds is 11. The Hall–Kier alpha value is -1.98. The van der Waals surface area contributed by atoms with Crippen LogP contribution in [0.25, 0.3) is 0 Å². The number of hydrogen-bond donors (Lipinski definition) is 7. The summed E-state index contributed by atoms with van der Waals surface area (Å²) in [4.78, 5) is 8.20. The predicted octanol–water partition coefficient (Wildman–Crippen LogP) is -1.72. The summed E-state index contributed by atoms with van der Waals surface area (Å²) in [6, 6.07) is 9.14. The van der Waals surface area contributed by atoms with E-state index in [4.69, 9.17) is 5.11 Å². The summed E-state index contributed by atoms with van der Waals surface area (Å²) in [6.45, 7) is -0.614. The molecule has 0 saturated carbocycles. The average molecular weight is 393 g/mol. The smallest absolute Gasteiger partial charge is 0.126 e. The predicted molar refractivity (Wildman–Crippen MR) is 100.0 cm³/mol.